The summed E-state index contributed by atoms with van der Waals surface area (Å²) in [6.07, 6.45) is -1.09. The number of benzene rings is 1. The van der Waals surface area contributed by atoms with Crippen LogP contribution in [-0.2, 0) is 19.0 Å². The van der Waals surface area contributed by atoms with Crippen molar-refractivity contribution in [3.05, 3.63) is 30.4 Å². The van der Waals surface area contributed by atoms with Gasteiger partial charge in [0.05, 0.1) is 30.9 Å². The average molecular weight is 405 g/mol. The van der Waals surface area contributed by atoms with Gasteiger partial charge in [-0.05, 0) is 19.4 Å². The minimum atomic E-state index is -0.988. The largest absolute Gasteiger partial charge is 0.466 e. The van der Waals surface area contributed by atoms with E-state index in [-0.39, 0.29) is 32.8 Å². The fraction of sp³-hybridized carbons (Fsp3) is 0.500. The molecule has 1 N–H and O–H groups in total. The number of ether oxygens (including phenoxy) is 5. The fourth-order valence-corrected chi connectivity index (χ4v) is 4.00. The first-order valence-electron chi connectivity index (χ1n) is 9.53. The maximum absolute atomic E-state index is 12.8. The molecule has 0 spiro atoms. The topological polar surface area (TPSA) is 104 Å². The average Bonchev–Trinajstić information content (AvgIpc) is 3.14. The number of amides is 1. The summed E-state index contributed by atoms with van der Waals surface area (Å²) >= 11 is 0. The second-order valence-electron chi connectivity index (χ2n) is 6.98. The molecule has 3 aliphatic heterocycles. The first kappa shape index (κ1) is 19.5. The number of hydrogen-bond acceptors (Lipinski definition) is 8. The van der Waals surface area contributed by atoms with Gasteiger partial charge >= 0.3 is 12.1 Å². The van der Waals surface area contributed by atoms with E-state index >= 15 is 0 Å². The minimum Gasteiger partial charge on any atom is -0.466 e. The van der Waals surface area contributed by atoms with E-state index in [0.717, 1.165) is 0 Å². The molecule has 1 aromatic carbocycles. The Bertz CT molecular complexity index is 825. The summed E-state index contributed by atoms with van der Waals surface area (Å²) in [6, 6.07) is 2.76. The Morgan fingerprint density at radius 1 is 1.31 bits per heavy atom. The van der Waals surface area contributed by atoms with Crippen LogP contribution in [0.2, 0.25) is 0 Å². The van der Waals surface area contributed by atoms with E-state index in [9.17, 15) is 14.7 Å². The maximum Gasteiger partial charge on any atom is 0.414 e. The fourth-order valence-electron chi connectivity index (χ4n) is 4.00. The van der Waals surface area contributed by atoms with Gasteiger partial charge in [-0.2, -0.15) is 0 Å². The van der Waals surface area contributed by atoms with Crippen molar-refractivity contribution in [2.24, 2.45) is 0 Å². The Kier molecular flexibility index (Phi) is 5.33. The molecule has 4 rings (SSSR count). The first-order chi connectivity index (χ1) is 14.0. The third-order valence-electron chi connectivity index (χ3n) is 5.19. The molecule has 0 aromatic heterocycles. The molecule has 9 heteroatoms. The third kappa shape index (κ3) is 3.51. The molecule has 0 unspecified atom stereocenters. The summed E-state index contributed by atoms with van der Waals surface area (Å²) in [5.41, 5.74) is 1.10. The number of carbonyl (C=O) groups is 2. The minimum absolute atomic E-state index is 0.0307. The van der Waals surface area contributed by atoms with Crippen molar-refractivity contribution in [2.75, 3.05) is 24.9 Å². The zero-order valence-electron chi connectivity index (χ0n) is 16.0. The van der Waals surface area contributed by atoms with Crippen LogP contribution in [0.3, 0.4) is 0 Å². The van der Waals surface area contributed by atoms with E-state index in [4.69, 9.17) is 23.7 Å². The summed E-state index contributed by atoms with van der Waals surface area (Å²) < 4.78 is 27.2. The third-order valence-corrected chi connectivity index (χ3v) is 5.19. The lowest BCUT2D eigenvalue weighted by Crippen LogP contribution is -2.58. The number of fused-ring (bicyclic) bond motifs is 5. The number of esters is 1. The van der Waals surface area contributed by atoms with E-state index in [2.05, 4.69) is 6.58 Å². The number of hydrogen-bond donors (Lipinski definition) is 1. The molecule has 1 aromatic rings. The Balaban J connectivity index is 1.71. The molecule has 9 nitrogen and oxygen atoms in total. The number of carbonyl (C=O) groups excluding carboxylic acids is 2. The highest BCUT2D eigenvalue weighted by Crippen LogP contribution is 2.50. The van der Waals surface area contributed by atoms with Crippen molar-refractivity contribution >= 4 is 17.7 Å². The van der Waals surface area contributed by atoms with E-state index in [1.54, 1.807) is 19.1 Å². The van der Waals surface area contributed by atoms with E-state index in [1.807, 2.05) is 0 Å². The second-order valence-corrected chi connectivity index (χ2v) is 6.98. The standard InChI is InChI=1S/C20H23NO8/c1-3-5-26-20(24)21-13-9-16-15(27-10-28-16)8-12(13)19-18(23)14(21)6-11(29-19)7-17(22)25-4-2/h3,8-9,11,14,18-19,23H,1,4-7,10H2,2H3/t11-,14+,18-,19-/m0/s1. The van der Waals surface area contributed by atoms with Crippen molar-refractivity contribution < 1.29 is 38.4 Å². The molecule has 0 radical (unpaired) electrons. The summed E-state index contributed by atoms with van der Waals surface area (Å²) in [4.78, 5) is 26.2. The summed E-state index contributed by atoms with van der Waals surface area (Å²) in [5.74, 6) is 0.617. The zero-order valence-corrected chi connectivity index (χ0v) is 16.0. The van der Waals surface area contributed by atoms with Crippen LogP contribution in [0.15, 0.2) is 24.8 Å². The molecule has 1 fully saturated rings. The van der Waals surface area contributed by atoms with Gasteiger partial charge < -0.3 is 28.8 Å². The van der Waals surface area contributed by atoms with Gasteiger partial charge in [0.25, 0.3) is 0 Å². The lowest BCUT2D eigenvalue weighted by Gasteiger charge is -2.48. The number of aliphatic hydroxyl groups is 1. The molecular formula is C20H23NO8. The van der Waals surface area contributed by atoms with Gasteiger partial charge in [0, 0.05) is 11.6 Å². The quantitative estimate of drug-likeness (QED) is 0.587. The smallest absolute Gasteiger partial charge is 0.414 e. The van der Waals surface area contributed by atoms with Crippen LogP contribution in [0.4, 0.5) is 10.5 Å². The van der Waals surface area contributed by atoms with Gasteiger partial charge in [0.15, 0.2) is 11.5 Å². The highest BCUT2D eigenvalue weighted by Gasteiger charge is 2.50. The highest BCUT2D eigenvalue weighted by atomic mass is 16.7. The van der Waals surface area contributed by atoms with Crippen molar-refractivity contribution in [3.63, 3.8) is 0 Å². The van der Waals surface area contributed by atoms with Crippen LogP contribution in [0.25, 0.3) is 0 Å². The number of rotatable bonds is 5. The highest BCUT2D eigenvalue weighted by molar-refractivity contribution is 5.91. The number of anilines is 1. The van der Waals surface area contributed by atoms with E-state index in [1.165, 1.54) is 11.0 Å². The Hall–Kier alpha value is -2.78. The SMILES string of the molecule is C=CCOC(=O)N1c2cc3c(cc2[C@@H]2O[C@H](CC(=O)OCC)C[C@@H]1[C@@H]2O)OCO3. The maximum atomic E-state index is 12.8. The van der Waals surface area contributed by atoms with Crippen LogP contribution in [0.1, 0.15) is 31.4 Å². The van der Waals surface area contributed by atoms with Crippen LogP contribution < -0.4 is 14.4 Å². The predicted molar refractivity (Wildman–Crippen MR) is 99.9 cm³/mol. The molecule has 156 valence electrons. The zero-order chi connectivity index (χ0) is 20.5. The van der Waals surface area contributed by atoms with Crippen LogP contribution >= 0.6 is 0 Å². The summed E-state index contributed by atoms with van der Waals surface area (Å²) in [6.45, 7) is 5.66. The predicted octanol–water partition coefficient (Wildman–Crippen LogP) is 2.07. The van der Waals surface area contributed by atoms with E-state index < -0.39 is 36.4 Å². The van der Waals surface area contributed by atoms with E-state index in [0.29, 0.717) is 22.7 Å². The van der Waals surface area contributed by atoms with Gasteiger partial charge in [0.2, 0.25) is 6.79 Å². The van der Waals surface area contributed by atoms with Gasteiger partial charge in [-0.3, -0.25) is 9.69 Å². The van der Waals surface area contributed by atoms with Crippen LogP contribution in [0.5, 0.6) is 11.5 Å². The molecule has 0 aliphatic carbocycles. The number of aliphatic hydroxyl groups excluding tert-OH is 1. The van der Waals surface area contributed by atoms with Gasteiger partial charge in [-0.15, -0.1) is 0 Å². The molecule has 2 bridgehead atoms. The van der Waals surface area contributed by atoms with Gasteiger partial charge in [-0.1, -0.05) is 12.7 Å². The normalized spacial score (nSPS) is 26.5. The Morgan fingerprint density at radius 2 is 2.07 bits per heavy atom. The summed E-state index contributed by atoms with van der Waals surface area (Å²) in [7, 11) is 0. The van der Waals surface area contributed by atoms with Crippen LogP contribution in [-0.4, -0.2) is 55.4 Å². The molecule has 4 atom stereocenters. The Labute approximate surface area is 167 Å². The lowest BCUT2D eigenvalue weighted by atomic mass is 9.84. The molecule has 3 heterocycles. The molecule has 3 aliphatic rings. The van der Waals surface area contributed by atoms with Gasteiger partial charge in [-0.25, -0.2) is 4.79 Å². The monoisotopic (exact) mass is 405 g/mol. The molecule has 29 heavy (non-hydrogen) atoms. The first-order valence-corrected chi connectivity index (χ1v) is 9.53. The Morgan fingerprint density at radius 3 is 2.79 bits per heavy atom. The molecule has 1 saturated heterocycles. The molecule has 1 amide bonds. The van der Waals surface area contributed by atoms with Crippen LogP contribution in [0, 0.1) is 0 Å². The van der Waals surface area contributed by atoms with Crippen molar-refractivity contribution in [1.29, 1.82) is 0 Å². The molecular weight excluding hydrogens is 382 g/mol. The lowest BCUT2D eigenvalue weighted by molar-refractivity contribution is -0.160. The molecule has 0 saturated carbocycles. The van der Waals surface area contributed by atoms with Gasteiger partial charge in [0.1, 0.15) is 18.8 Å². The van der Waals surface area contributed by atoms with Crippen molar-refractivity contribution in [3.8, 4) is 11.5 Å². The van der Waals surface area contributed by atoms with Crippen molar-refractivity contribution in [1.82, 2.24) is 0 Å². The van der Waals surface area contributed by atoms with Crippen molar-refractivity contribution in [2.45, 2.75) is 44.1 Å². The second kappa shape index (κ2) is 7.92. The summed E-state index contributed by atoms with van der Waals surface area (Å²) in [5, 5.41) is 10.9. The number of nitrogens with zero attached hydrogens (tertiary/aromatic N) is 1.